The molecule has 0 spiro atoms. The molecule has 166 valence electrons. The van der Waals surface area contributed by atoms with Crippen molar-refractivity contribution in [2.75, 3.05) is 7.11 Å². The Morgan fingerprint density at radius 2 is 1.91 bits per heavy atom. The fraction of sp³-hybridized carbons (Fsp3) is 0.379. The number of hydrogen-bond acceptors (Lipinski definition) is 3. The Morgan fingerprint density at radius 1 is 1.12 bits per heavy atom. The van der Waals surface area contributed by atoms with Crippen LogP contribution in [-0.2, 0) is 16.6 Å². The second-order valence-electron chi connectivity index (χ2n) is 11.0. The predicted octanol–water partition coefficient (Wildman–Crippen LogP) is 5.17. The Morgan fingerprint density at radius 3 is 2.67 bits per heavy atom. The number of nitrogens with zero attached hydrogens (tertiary/aromatic N) is 2. The number of ether oxygens (including phenoxy) is 1. The van der Waals surface area contributed by atoms with Gasteiger partial charge in [0.25, 0.3) is 0 Å². The van der Waals surface area contributed by atoms with Crippen molar-refractivity contribution in [3.8, 4) is 11.3 Å². The number of aliphatic hydroxyl groups is 1. The molecule has 0 radical (unpaired) electrons. The van der Waals surface area contributed by atoms with Gasteiger partial charge in [-0.3, -0.25) is 4.98 Å². The first-order valence-electron chi connectivity index (χ1n) is 12.0. The molecule has 1 N–H and O–H groups in total. The number of methoxy groups -OCH3 is 1. The maximum atomic E-state index is 11.6. The van der Waals surface area contributed by atoms with Crippen LogP contribution in [0.3, 0.4) is 0 Å². The van der Waals surface area contributed by atoms with Gasteiger partial charge in [0.15, 0.2) is 0 Å². The van der Waals surface area contributed by atoms with E-state index >= 15 is 0 Å². The highest BCUT2D eigenvalue weighted by molar-refractivity contribution is 6.03. The third-order valence-electron chi connectivity index (χ3n) is 8.37. The van der Waals surface area contributed by atoms with Crippen LogP contribution in [0.4, 0.5) is 0 Å². The van der Waals surface area contributed by atoms with E-state index in [4.69, 9.17) is 9.72 Å². The summed E-state index contributed by atoms with van der Waals surface area (Å²) in [7, 11) is 1.62. The molecular formula is C29H29N2O2+. The van der Waals surface area contributed by atoms with Gasteiger partial charge in [-0.2, -0.15) is 4.57 Å². The van der Waals surface area contributed by atoms with Gasteiger partial charge in [0.1, 0.15) is 5.92 Å². The van der Waals surface area contributed by atoms with Crippen molar-refractivity contribution in [3.63, 3.8) is 0 Å². The van der Waals surface area contributed by atoms with Crippen molar-refractivity contribution >= 4 is 21.8 Å². The van der Waals surface area contributed by atoms with E-state index in [1.54, 1.807) is 7.11 Å². The quantitative estimate of drug-likeness (QED) is 0.355. The van der Waals surface area contributed by atoms with Crippen LogP contribution >= 0.6 is 0 Å². The van der Waals surface area contributed by atoms with Crippen LogP contribution in [0.15, 0.2) is 48.7 Å². The first-order valence-corrected chi connectivity index (χ1v) is 12.0. The minimum absolute atomic E-state index is 0.117. The van der Waals surface area contributed by atoms with Crippen molar-refractivity contribution in [3.05, 3.63) is 70.9 Å². The standard InChI is InChI=1S/C29H29N2O2/c1-15(2)12-16-8-6-11-22-17(16)13-20-26-23-18(25-27(31(22)26)29(25,32)33-5)14-30-21-10-7-9-19(24(21)23)28(20,3)4/h6-11,13-15,25,27,32H,12H2,1-5H3/q+1. The summed E-state index contributed by atoms with van der Waals surface area (Å²) in [6.45, 7) is 9.20. The van der Waals surface area contributed by atoms with E-state index < -0.39 is 5.79 Å². The average Bonchev–Trinajstić information content (AvgIpc) is 3.42. The summed E-state index contributed by atoms with van der Waals surface area (Å²) in [5.41, 5.74) is 9.58. The highest BCUT2D eigenvalue weighted by Gasteiger charge is 2.77. The monoisotopic (exact) mass is 437 g/mol. The minimum atomic E-state index is -1.22. The van der Waals surface area contributed by atoms with E-state index in [9.17, 15) is 5.11 Å². The van der Waals surface area contributed by atoms with Gasteiger partial charge >= 0.3 is 0 Å². The molecule has 2 aromatic heterocycles. The Kier molecular flexibility index (Phi) is 3.57. The van der Waals surface area contributed by atoms with Crippen molar-refractivity contribution in [2.24, 2.45) is 5.92 Å². The summed E-state index contributed by atoms with van der Waals surface area (Å²) >= 11 is 0. The lowest BCUT2D eigenvalue weighted by molar-refractivity contribution is -0.678. The third kappa shape index (κ3) is 2.19. The Hall–Kier alpha value is -2.82. The molecule has 1 saturated carbocycles. The van der Waals surface area contributed by atoms with Gasteiger partial charge in [-0.05, 0) is 35.6 Å². The van der Waals surface area contributed by atoms with E-state index in [2.05, 4.69) is 74.7 Å². The van der Waals surface area contributed by atoms with E-state index in [-0.39, 0.29) is 17.4 Å². The molecule has 0 saturated heterocycles. The second-order valence-corrected chi connectivity index (χ2v) is 11.0. The van der Waals surface area contributed by atoms with Gasteiger partial charge in [0.05, 0.1) is 11.1 Å². The molecule has 4 aromatic rings. The largest absolute Gasteiger partial charge is 0.360 e. The maximum Gasteiger partial charge on any atom is 0.244 e. The molecule has 2 aliphatic carbocycles. The van der Waals surface area contributed by atoms with E-state index in [0.717, 1.165) is 17.5 Å². The van der Waals surface area contributed by atoms with Gasteiger partial charge in [-0.15, -0.1) is 0 Å². The molecule has 3 unspecified atom stereocenters. The summed E-state index contributed by atoms with van der Waals surface area (Å²) in [5, 5.41) is 14.1. The first kappa shape index (κ1) is 19.6. The molecule has 1 fully saturated rings. The lowest BCUT2D eigenvalue weighted by Gasteiger charge is -2.35. The topological polar surface area (TPSA) is 46.2 Å². The van der Waals surface area contributed by atoms with Crippen LogP contribution in [-0.4, -0.2) is 23.0 Å². The maximum absolute atomic E-state index is 11.6. The number of aromatic nitrogens is 2. The average molecular weight is 438 g/mol. The van der Waals surface area contributed by atoms with Crippen LogP contribution in [0.1, 0.15) is 61.9 Å². The fourth-order valence-electron chi connectivity index (χ4n) is 6.80. The van der Waals surface area contributed by atoms with Crippen molar-refractivity contribution in [2.45, 2.75) is 57.3 Å². The smallest absolute Gasteiger partial charge is 0.244 e. The Labute approximate surface area is 193 Å². The van der Waals surface area contributed by atoms with Crippen molar-refractivity contribution in [1.29, 1.82) is 0 Å². The molecule has 0 bridgehead atoms. The highest BCUT2D eigenvalue weighted by atomic mass is 16.6. The first-order chi connectivity index (χ1) is 15.8. The van der Waals surface area contributed by atoms with E-state index in [1.165, 1.54) is 44.2 Å². The minimum Gasteiger partial charge on any atom is -0.360 e. The normalized spacial score (nSPS) is 25.5. The van der Waals surface area contributed by atoms with Gasteiger partial charge in [-0.1, -0.05) is 52.0 Å². The molecule has 3 atom stereocenters. The number of pyridine rings is 2. The SMILES string of the molecule is COC1(O)C2c3cnc4cccc5c4c3-c3c(cc4c(CC(C)C)cccc4[n+]3C21)C5(C)C. The van der Waals surface area contributed by atoms with Gasteiger partial charge in [-0.25, -0.2) is 0 Å². The molecule has 4 nitrogen and oxygen atoms in total. The molecule has 3 aliphatic rings. The van der Waals surface area contributed by atoms with Crippen LogP contribution in [0.2, 0.25) is 0 Å². The van der Waals surface area contributed by atoms with Crippen LogP contribution < -0.4 is 4.57 Å². The molecule has 4 heteroatoms. The molecule has 1 aliphatic heterocycles. The molecule has 7 rings (SSSR count). The zero-order chi connectivity index (χ0) is 22.9. The molecule has 33 heavy (non-hydrogen) atoms. The van der Waals surface area contributed by atoms with E-state index in [1.807, 2.05) is 6.20 Å². The van der Waals surface area contributed by atoms with Gasteiger partial charge < -0.3 is 9.84 Å². The summed E-state index contributed by atoms with van der Waals surface area (Å²) in [5.74, 6) is -0.769. The Balaban J connectivity index is 1.71. The lowest BCUT2D eigenvalue weighted by Crippen LogP contribution is -2.45. The Bertz CT molecular complexity index is 1520. The number of rotatable bonds is 3. The van der Waals surface area contributed by atoms with Gasteiger partial charge in [0, 0.05) is 46.7 Å². The lowest BCUT2D eigenvalue weighted by atomic mass is 9.68. The number of hydrogen-bond donors (Lipinski definition) is 1. The highest BCUT2D eigenvalue weighted by Crippen LogP contribution is 2.65. The summed E-state index contributed by atoms with van der Waals surface area (Å²) in [6.07, 6.45) is 3.00. The van der Waals surface area contributed by atoms with Crippen LogP contribution in [0.5, 0.6) is 0 Å². The molecule has 3 heterocycles. The van der Waals surface area contributed by atoms with Crippen molar-refractivity contribution in [1.82, 2.24) is 4.98 Å². The number of fused-ring (bicyclic) bond motifs is 5. The summed E-state index contributed by atoms with van der Waals surface area (Å²) < 4.78 is 8.19. The summed E-state index contributed by atoms with van der Waals surface area (Å²) in [4.78, 5) is 4.83. The van der Waals surface area contributed by atoms with Crippen LogP contribution in [0.25, 0.3) is 33.1 Å². The van der Waals surface area contributed by atoms with Crippen LogP contribution in [0, 0.1) is 5.92 Å². The van der Waals surface area contributed by atoms with Gasteiger partial charge in [0.2, 0.25) is 23.0 Å². The number of benzene rings is 2. The zero-order valence-electron chi connectivity index (χ0n) is 19.8. The summed E-state index contributed by atoms with van der Waals surface area (Å²) in [6, 6.07) is 15.4. The van der Waals surface area contributed by atoms with E-state index in [0.29, 0.717) is 5.92 Å². The molecule has 0 amide bonds. The molecule has 2 aromatic carbocycles. The zero-order valence-corrected chi connectivity index (χ0v) is 19.8. The third-order valence-corrected chi connectivity index (χ3v) is 8.37. The predicted molar refractivity (Wildman–Crippen MR) is 129 cm³/mol. The second kappa shape index (κ2) is 5.99. The molecular weight excluding hydrogens is 408 g/mol. The fourth-order valence-corrected chi connectivity index (χ4v) is 6.80. The van der Waals surface area contributed by atoms with Crippen molar-refractivity contribution < 1.29 is 14.4 Å².